The minimum atomic E-state index is 0.594. The molecule has 0 aromatic heterocycles. The zero-order valence-corrected chi connectivity index (χ0v) is 11.9. The average Bonchev–Trinajstić information content (AvgIpc) is 2.33. The lowest BCUT2D eigenvalue weighted by Gasteiger charge is -2.11. The quantitative estimate of drug-likeness (QED) is 0.812. The second-order valence-electron chi connectivity index (χ2n) is 4.38. The lowest BCUT2D eigenvalue weighted by atomic mass is 10.1. The normalized spacial score (nSPS) is 10.4. The van der Waals surface area contributed by atoms with E-state index in [4.69, 9.17) is 23.2 Å². The van der Waals surface area contributed by atoms with Gasteiger partial charge in [0.1, 0.15) is 0 Å². The molecule has 0 fully saturated rings. The Labute approximate surface area is 118 Å². The molecule has 0 bridgehead atoms. The van der Waals surface area contributed by atoms with Gasteiger partial charge in [-0.15, -0.1) is 0 Å². The van der Waals surface area contributed by atoms with E-state index in [1.165, 1.54) is 11.1 Å². The first-order valence-corrected chi connectivity index (χ1v) is 6.57. The lowest BCUT2D eigenvalue weighted by Crippen LogP contribution is -2.01. The number of rotatable bonds is 3. The van der Waals surface area contributed by atoms with Gasteiger partial charge in [-0.25, -0.2) is 0 Å². The van der Waals surface area contributed by atoms with Crippen molar-refractivity contribution in [3.63, 3.8) is 0 Å². The van der Waals surface area contributed by atoms with Crippen LogP contribution in [0.4, 0.5) is 5.69 Å². The van der Waals surface area contributed by atoms with Gasteiger partial charge in [0.25, 0.3) is 0 Å². The summed E-state index contributed by atoms with van der Waals surface area (Å²) in [4.78, 5) is 0. The maximum absolute atomic E-state index is 6.15. The van der Waals surface area contributed by atoms with Crippen LogP contribution in [0.1, 0.15) is 16.7 Å². The van der Waals surface area contributed by atoms with Gasteiger partial charge in [0, 0.05) is 12.2 Å². The van der Waals surface area contributed by atoms with Crippen molar-refractivity contribution in [1.29, 1.82) is 0 Å². The third-order valence-electron chi connectivity index (χ3n) is 2.88. The maximum Gasteiger partial charge on any atom is 0.0642 e. The molecule has 0 aliphatic heterocycles. The Morgan fingerprint density at radius 1 is 1.06 bits per heavy atom. The third kappa shape index (κ3) is 2.98. The Morgan fingerprint density at radius 3 is 2.56 bits per heavy atom. The molecule has 0 aliphatic rings. The maximum atomic E-state index is 6.15. The zero-order chi connectivity index (χ0) is 13.1. The molecule has 1 nitrogen and oxygen atoms in total. The van der Waals surface area contributed by atoms with Crippen LogP contribution in [-0.4, -0.2) is 0 Å². The SMILES string of the molecule is Cc1ccc(NCc2cccc(Cl)c2Cl)c(C)c1. The van der Waals surface area contributed by atoms with Gasteiger partial charge in [-0.3, -0.25) is 0 Å². The van der Waals surface area contributed by atoms with Crippen LogP contribution in [0.3, 0.4) is 0 Å². The Morgan fingerprint density at radius 2 is 1.83 bits per heavy atom. The summed E-state index contributed by atoms with van der Waals surface area (Å²) in [6.07, 6.45) is 0. The Kier molecular flexibility index (Phi) is 4.15. The number of anilines is 1. The first kappa shape index (κ1) is 13.3. The summed E-state index contributed by atoms with van der Waals surface area (Å²) in [7, 11) is 0. The van der Waals surface area contributed by atoms with Crippen LogP contribution in [0.25, 0.3) is 0 Å². The molecule has 0 saturated heterocycles. The van der Waals surface area contributed by atoms with Gasteiger partial charge in [-0.1, -0.05) is 53.0 Å². The Hall–Kier alpha value is -1.18. The van der Waals surface area contributed by atoms with Gasteiger partial charge in [0.05, 0.1) is 10.0 Å². The summed E-state index contributed by atoms with van der Waals surface area (Å²) in [5.41, 5.74) is 4.62. The molecule has 0 atom stereocenters. The molecule has 94 valence electrons. The minimum Gasteiger partial charge on any atom is -0.381 e. The molecular weight excluding hydrogens is 265 g/mol. The molecule has 0 amide bonds. The summed E-state index contributed by atoms with van der Waals surface area (Å²) >= 11 is 12.1. The molecule has 0 saturated carbocycles. The molecule has 2 aromatic rings. The summed E-state index contributed by atoms with van der Waals surface area (Å²) in [5, 5.41) is 4.60. The van der Waals surface area contributed by atoms with Crippen molar-refractivity contribution >= 4 is 28.9 Å². The molecule has 0 unspecified atom stereocenters. The highest BCUT2D eigenvalue weighted by atomic mass is 35.5. The fourth-order valence-electron chi connectivity index (χ4n) is 1.89. The van der Waals surface area contributed by atoms with Gasteiger partial charge in [-0.2, -0.15) is 0 Å². The molecule has 3 heteroatoms. The highest BCUT2D eigenvalue weighted by Gasteiger charge is 2.04. The van der Waals surface area contributed by atoms with E-state index in [-0.39, 0.29) is 0 Å². The fourth-order valence-corrected chi connectivity index (χ4v) is 2.27. The second kappa shape index (κ2) is 5.64. The Balaban J connectivity index is 2.14. The van der Waals surface area contributed by atoms with Gasteiger partial charge in [-0.05, 0) is 37.1 Å². The fraction of sp³-hybridized carbons (Fsp3) is 0.200. The monoisotopic (exact) mass is 279 g/mol. The number of halogens is 2. The number of nitrogens with one attached hydrogen (secondary N) is 1. The Bertz CT molecular complexity index is 564. The standard InChI is InChI=1S/C15H15Cl2N/c1-10-6-7-14(11(2)8-10)18-9-12-4-3-5-13(16)15(12)17/h3-8,18H,9H2,1-2H3. The first-order valence-electron chi connectivity index (χ1n) is 5.82. The molecule has 0 radical (unpaired) electrons. The second-order valence-corrected chi connectivity index (χ2v) is 5.17. The van der Waals surface area contributed by atoms with E-state index in [0.717, 1.165) is 11.3 Å². The van der Waals surface area contributed by atoms with Crippen LogP contribution >= 0.6 is 23.2 Å². The molecule has 0 heterocycles. The molecule has 18 heavy (non-hydrogen) atoms. The van der Waals surface area contributed by atoms with Crippen molar-refractivity contribution in [2.45, 2.75) is 20.4 Å². The van der Waals surface area contributed by atoms with Crippen LogP contribution in [0.5, 0.6) is 0 Å². The minimum absolute atomic E-state index is 0.594. The molecular formula is C15H15Cl2N. The van der Waals surface area contributed by atoms with Crippen LogP contribution in [0.2, 0.25) is 10.0 Å². The van der Waals surface area contributed by atoms with E-state index in [9.17, 15) is 0 Å². The summed E-state index contributed by atoms with van der Waals surface area (Å²) in [6.45, 7) is 4.85. The highest BCUT2D eigenvalue weighted by Crippen LogP contribution is 2.26. The average molecular weight is 280 g/mol. The van der Waals surface area contributed by atoms with E-state index >= 15 is 0 Å². The zero-order valence-electron chi connectivity index (χ0n) is 10.4. The number of hydrogen-bond acceptors (Lipinski definition) is 1. The third-order valence-corrected chi connectivity index (χ3v) is 3.74. The van der Waals surface area contributed by atoms with Crippen molar-refractivity contribution in [1.82, 2.24) is 0 Å². The first-order chi connectivity index (χ1) is 8.58. The van der Waals surface area contributed by atoms with Gasteiger partial charge in [0.15, 0.2) is 0 Å². The summed E-state index contributed by atoms with van der Waals surface area (Å²) < 4.78 is 0. The predicted molar refractivity (Wildman–Crippen MR) is 79.7 cm³/mol. The van der Waals surface area contributed by atoms with Crippen molar-refractivity contribution in [3.8, 4) is 0 Å². The van der Waals surface area contributed by atoms with Crippen molar-refractivity contribution < 1.29 is 0 Å². The lowest BCUT2D eigenvalue weighted by molar-refractivity contribution is 1.14. The van der Waals surface area contributed by atoms with Crippen LogP contribution < -0.4 is 5.32 Å². The van der Waals surface area contributed by atoms with E-state index in [2.05, 4.69) is 37.4 Å². The van der Waals surface area contributed by atoms with E-state index < -0.39 is 0 Å². The van der Waals surface area contributed by atoms with Crippen LogP contribution in [-0.2, 0) is 6.54 Å². The molecule has 0 aliphatic carbocycles. The van der Waals surface area contributed by atoms with Crippen LogP contribution in [0.15, 0.2) is 36.4 Å². The highest BCUT2D eigenvalue weighted by molar-refractivity contribution is 6.42. The van der Waals surface area contributed by atoms with Gasteiger partial charge < -0.3 is 5.32 Å². The molecule has 2 aromatic carbocycles. The predicted octanol–water partition coefficient (Wildman–Crippen LogP) is 5.22. The van der Waals surface area contributed by atoms with Crippen molar-refractivity contribution in [3.05, 3.63) is 63.1 Å². The van der Waals surface area contributed by atoms with Crippen molar-refractivity contribution in [2.24, 2.45) is 0 Å². The van der Waals surface area contributed by atoms with Gasteiger partial charge in [0.2, 0.25) is 0 Å². The molecule has 2 rings (SSSR count). The molecule has 1 N–H and O–H groups in total. The topological polar surface area (TPSA) is 12.0 Å². The van der Waals surface area contributed by atoms with Crippen LogP contribution in [0, 0.1) is 13.8 Å². The van der Waals surface area contributed by atoms with Crippen molar-refractivity contribution in [2.75, 3.05) is 5.32 Å². The molecule has 0 spiro atoms. The summed E-state index contributed by atoms with van der Waals surface area (Å²) in [6, 6.07) is 12.0. The van der Waals surface area contributed by atoms with E-state index in [0.29, 0.717) is 16.6 Å². The largest absolute Gasteiger partial charge is 0.381 e. The van der Waals surface area contributed by atoms with E-state index in [1.54, 1.807) is 6.07 Å². The van der Waals surface area contributed by atoms with Gasteiger partial charge >= 0.3 is 0 Å². The number of aryl methyl sites for hydroxylation is 2. The number of hydrogen-bond donors (Lipinski definition) is 1. The number of benzene rings is 2. The smallest absolute Gasteiger partial charge is 0.0642 e. The summed E-state index contributed by atoms with van der Waals surface area (Å²) in [5.74, 6) is 0. The van der Waals surface area contributed by atoms with E-state index in [1.807, 2.05) is 12.1 Å².